The molecule has 1 aromatic heterocycles. The van der Waals surface area contributed by atoms with Crippen molar-refractivity contribution in [3.63, 3.8) is 0 Å². The van der Waals surface area contributed by atoms with Gasteiger partial charge in [-0.1, -0.05) is 32.4 Å². The molecule has 4 heteroatoms. The van der Waals surface area contributed by atoms with E-state index in [4.69, 9.17) is 11.6 Å². The minimum atomic E-state index is 0.557. The Hall–Kier alpha value is -0.830. The molecule has 94 valence electrons. The number of rotatable bonds is 3. The molecule has 0 aliphatic carbocycles. The Morgan fingerprint density at radius 3 is 2.88 bits per heavy atom. The van der Waals surface area contributed by atoms with E-state index in [2.05, 4.69) is 35.6 Å². The van der Waals surface area contributed by atoms with Gasteiger partial charge in [0.2, 0.25) is 0 Å². The summed E-state index contributed by atoms with van der Waals surface area (Å²) in [5.41, 5.74) is 0. The topological polar surface area (TPSA) is 29.0 Å². The number of hydrogen-bond acceptors (Lipinski definition) is 3. The second-order valence-corrected chi connectivity index (χ2v) is 5.35. The van der Waals surface area contributed by atoms with Crippen LogP contribution in [0.4, 0.5) is 5.82 Å². The molecular weight excluding hydrogens is 234 g/mol. The molecule has 0 spiro atoms. The molecule has 0 bridgehead atoms. The first-order valence-corrected chi connectivity index (χ1v) is 6.79. The van der Waals surface area contributed by atoms with Gasteiger partial charge in [-0.15, -0.1) is 0 Å². The second-order valence-electron chi connectivity index (χ2n) is 4.97. The normalized spacial score (nSPS) is 20.3. The summed E-state index contributed by atoms with van der Waals surface area (Å²) in [7, 11) is 0. The lowest BCUT2D eigenvalue weighted by Crippen LogP contribution is -2.34. The van der Waals surface area contributed by atoms with Crippen molar-refractivity contribution in [2.24, 2.45) is 5.92 Å². The molecule has 1 aliphatic heterocycles. The molecule has 0 radical (unpaired) electrons. The zero-order chi connectivity index (χ0) is 12.4. The van der Waals surface area contributed by atoms with Crippen molar-refractivity contribution >= 4 is 17.4 Å². The van der Waals surface area contributed by atoms with Crippen LogP contribution in [0.2, 0.25) is 5.15 Å². The van der Waals surface area contributed by atoms with E-state index in [-0.39, 0.29) is 0 Å². The molecule has 1 fully saturated rings. The molecule has 0 N–H and O–H groups in total. The van der Waals surface area contributed by atoms with Gasteiger partial charge in [0.15, 0.2) is 0 Å². The van der Waals surface area contributed by atoms with Gasteiger partial charge in [-0.05, 0) is 18.8 Å². The highest BCUT2D eigenvalue weighted by atomic mass is 35.5. The van der Waals surface area contributed by atoms with Gasteiger partial charge in [0.05, 0.1) is 0 Å². The lowest BCUT2D eigenvalue weighted by Gasteiger charge is -2.28. The minimum absolute atomic E-state index is 0.557. The van der Waals surface area contributed by atoms with E-state index in [0.29, 0.717) is 17.1 Å². The zero-order valence-electron chi connectivity index (χ0n) is 10.8. The van der Waals surface area contributed by atoms with E-state index in [9.17, 15) is 0 Å². The molecule has 1 atom stereocenters. The Morgan fingerprint density at radius 2 is 2.24 bits per heavy atom. The molecule has 0 amide bonds. The SMILES string of the molecule is CCc1nc(Cl)cc(N2CCCC2C(C)C)n1. The van der Waals surface area contributed by atoms with Crippen LogP contribution in [0.3, 0.4) is 0 Å². The number of anilines is 1. The number of aryl methyl sites for hydroxylation is 1. The maximum atomic E-state index is 6.06. The highest BCUT2D eigenvalue weighted by Gasteiger charge is 2.28. The maximum absolute atomic E-state index is 6.06. The van der Waals surface area contributed by atoms with E-state index in [1.807, 2.05) is 6.07 Å². The van der Waals surface area contributed by atoms with Crippen molar-refractivity contribution in [1.29, 1.82) is 0 Å². The summed E-state index contributed by atoms with van der Waals surface area (Å²) in [5, 5.41) is 0.557. The first-order chi connectivity index (χ1) is 8.11. The van der Waals surface area contributed by atoms with Crippen LogP contribution in [0.5, 0.6) is 0 Å². The molecule has 0 saturated carbocycles. The lowest BCUT2D eigenvalue weighted by atomic mass is 10.0. The van der Waals surface area contributed by atoms with E-state index in [0.717, 1.165) is 24.6 Å². The third-order valence-corrected chi connectivity index (χ3v) is 3.60. The Balaban J connectivity index is 2.29. The van der Waals surface area contributed by atoms with E-state index < -0.39 is 0 Å². The van der Waals surface area contributed by atoms with Crippen molar-refractivity contribution in [2.75, 3.05) is 11.4 Å². The predicted octanol–water partition coefficient (Wildman–Crippen LogP) is 3.32. The molecule has 1 saturated heterocycles. The minimum Gasteiger partial charge on any atom is -0.353 e. The van der Waals surface area contributed by atoms with E-state index >= 15 is 0 Å². The summed E-state index contributed by atoms with van der Waals surface area (Å²) in [5.74, 6) is 2.48. The summed E-state index contributed by atoms with van der Waals surface area (Å²) >= 11 is 6.06. The van der Waals surface area contributed by atoms with E-state index in [1.165, 1.54) is 12.8 Å². The maximum Gasteiger partial charge on any atom is 0.134 e. The van der Waals surface area contributed by atoms with Crippen LogP contribution in [0.1, 0.15) is 39.4 Å². The van der Waals surface area contributed by atoms with Crippen molar-refractivity contribution in [2.45, 2.75) is 46.1 Å². The van der Waals surface area contributed by atoms with Crippen LogP contribution in [-0.2, 0) is 6.42 Å². The first-order valence-electron chi connectivity index (χ1n) is 6.42. The molecule has 3 nitrogen and oxygen atoms in total. The summed E-state index contributed by atoms with van der Waals surface area (Å²) in [6.45, 7) is 7.68. The first kappa shape index (κ1) is 12.6. The fraction of sp³-hybridized carbons (Fsp3) is 0.692. The van der Waals surface area contributed by atoms with Crippen LogP contribution in [0.25, 0.3) is 0 Å². The van der Waals surface area contributed by atoms with Gasteiger partial charge in [-0.2, -0.15) is 0 Å². The van der Waals surface area contributed by atoms with Gasteiger partial charge >= 0.3 is 0 Å². The monoisotopic (exact) mass is 253 g/mol. The van der Waals surface area contributed by atoms with E-state index in [1.54, 1.807) is 0 Å². The third kappa shape index (κ3) is 2.71. The lowest BCUT2D eigenvalue weighted by molar-refractivity contribution is 0.489. The number of aromatic nitrogens is 2. The third-order valence-electron chi connectivity index (χ3n) is 3.41. The Bertz CT molecular complexity index is 392. The van der Waals surface area contributed by atoms with Gasteiger partial charge in [0.1, 0.15) is 16.8 Å². The highest BCUT2D eigenvalue weighted by Crippen LogP contribution is 2.29. The number of nitrogens with zero attached hydrogens (tertiary/aromatic N) is 3. The average molecular weight is 254 g/mol. The standard InChI is InChI=1S/C13H20ClN3/c1-4-12-15-11(14)8-13(16-12)17-7-5-6-10(17)9(2)3/h8-10H,4-7H2,1-3H3. The van der Waals surface area contributed by atoms with Gasteiger partial charge in [-0.3, -0.25) is 0 Å². The molecule has 1 aromatic rings. The Morgan fingerprint density at radius 1 is 1.47 bits per heavy atom. The van der Waals surface area contributed by atoms with Crippen LogP contribution < -0.4 is 4.90 Å². The van der Waals surface area contributed by atoms with Crippen molar-refractivity contribution < 1.29 is 0 Å². The number of hydrogen-bond donors (Lipinski definition) is 0. The van der Waals surface area contributed by atoms with Gasteiger partial charge < -0.3 is 4.90 Å². The van der Waals surface area contributed by atoms with Crippen LogP contribution in [0.15, 0.2) is 6.07 Å². The van der Waals surface area contributed by atoms with Crippen molar-refractivity contribution in [3.05, 3.63) is 17.0 Å². The molecular formula is C13H20ClN3. The fourth-order valence-electron chi connectivity index (χ4n) is 2.53. The molecule has 2 rings (SSSR count). The smallest absolute Gasteiger partial charge is 0.134 e. The molecule has 0 aromatic carbocycles. The molecule has 17 heavy (non-hydrogen) atoms. The van der Waals surface area contributed by atoms with Crippen LogP contribution in [0, 0.1) is 5.92 Å². The fourth-order valence-corrected chi connectivity index (χ4v) is 2.72. The number of halogens is 1. The Kier molecular flexibility index (Phi) is 3.87. The highest BCUT2D eigenvalue weighted by molar-refractivity contribution is 6.29. The summed E-state index contributed by atoms with van der Waals surface area (Å²) in [6, 6.07) is 2.48. The quantitative estimate of drug-likeness (QED) is 0.774. The van der Waals surface area contributed by atoms with Crippen LogP contribution in [-0.4, -0.2) is 22.6 Å². The second kappa shape index (κ2) is 5.21. The summed E-state index contributed by atoms with van der Waals surface area (Å²) < 4.78 is 0. The molecule has 2 heterocycles. The summed E-state index contributed by atoms with van der Waals surface area (Å²) in [6.07, 6.45) is 3.32. The largest absolute Gasteiger partial charge is 0.353 e. The van der Waals surface area contributed by atoms with Crippen molar-refractivity contribution in [1.82, 2.24) is 9.97 Å². The van der Waals surface area contributed by atoms with Crippen LogP contribution >= 0.6 is 11.6 Å². The van der Waals surface area contributed by atoms with Gasteiger partial charge in [-0.25, -0.2) is 9.97 Å². The zero-order valence-corrected chi connectivity index (χ0v) is 11.5. The summed E-state index contributed by atoms with van der Waals surface area (Å²) in [4.78, 5) is 11.2. The van der Waals surface area contributed by atoms with Crippen molar-refractivity contribution in [3.8, 4) is 0 Å². The molecule has 1 unspecified atom stereocenters. The predicted molar refractivity (Wildman–Crippen MR) is 71.6 cm³/mol. The van der Waals surface area contributed by atoms with Gasteiger partial charge in [0.25, 0.3) is 0 Å². The average Bonchev–Trinajstić information content (AvgIpc) is 2.77. The molecule has 1 aliphatic rings. The Labute approximate surface area is 108 Å². The van der Waals surface area contributed by atoms with Gasteiger partial charge in [0, 0.05) is 25.1 Å².